The number of nitriles is 1. The number of unbranched alkanes of at least 4 members (excludes halogenated alkanes) is 2. The van der Waals surface area contributed by atoms with Gasteiger partial charge in [0.05, 0.1) is 11.3 Å². The van der Waals surface area contributed by atoms with E-state index in [1.165, 1.54) is 12.8 Å². The Kier molecular flexibility index (Phi) is 6.01. The van der Waals surface area contributed by atoms with Crippen molar-refractivity contribution in [3.63, 3.8) is 0 Å². The lowest BCUT2D eigenvalue weighted by Crippen LogP contribution is -2.32. The first-order valence-corrected chi connectivity index (χ1v) is 6.94. The Morgan fingerprint density at radius 3 is 2.61 bits per heavy atom. The van der Waals surface area contributed by atoms with Crippen LogP contribution in [-0.2, 0) is 0 Å². The van der Waals surface area contributed by atoms with Crippen molar-refractivity contribution >= 4 is 17.3 Å². The molecule has 0 heterocycles. The number of hydrogen-bond donors (Lipinski definition) is 0. The molecule has 0 amide bonds. The number of halogens is 1. The van der Waals surface area contributed by atoms with Crippen LogP contribution in [0.5, 0.6) is 0 Å². The van der Waals surface area contributed by atoms with E-state index in [0.717, 1.165) is 18.7 Å². The maximum Gasteiger partial charge on any atom is 0.101 e. The van der Waals surface area contributed by atoms with Gasteiger partial charge in [-0.05, 0) is 38.5 Å². The van der Waals surface area contributed by atoms with Gasteiger partial charge in [0, 0.05) is 17.6 Å². The van der Waals surface area contributed by atoms with Gasteiger partial charge in [-0.3, -0.25) is 0 Å². The number of benzene rings is 1. The standard InChI is InChI=1S/C15H21ClN2/c1-4-5-6-9-18(12(2)3)15-8-7-14(16)10-13(15)11-17/h7-8,10,12H,4-6,9H2,1-3H3. The predicted octanol–water partition coefficient (Wildman–Crippen LogP) is 4.62. The van der Waals surface area contributed by atoms with Crippen LogP contribution >= 0.6 is 11.6 Å². The number of rotatable bonds is 6. The summed E-state index contributed by atoms with van der Waals surface area (Å²) in [6.45, 7) is 7.49. The van der Waals surface area contributed by atoms with E-state index in [2.05, 4.69) is 31.7 Å². The monoisotopic (exact) mass is 264 g/mol. The average molecular weight is 265 g/mol. The molecule has 0 atom stereocenters. The van der Waals surface area contributed by atoms with Crippen molar-refractivity contribution in [1.82, 2.24) is 0 Å². The summed E-state index contributed by atoms with van der Waals surface area (Å²) in [5.74, 6) is 0. The highest BCUT2D eigenvalue weighted by molar-refractivity contribution is 6.30. The van der Waals surface area contributed by atoms with Crippen molar-refractivity contribution in [3.05, 3.63) is 28.8 Å². The first-order valence-electron chi connectivity index (χ1n) is 6.56. The summed E-state index contributed by atoms with van der Waals surface area (Å²) >= 11 is 5.94. The highest BCUT2D eigenvalue weighted by Crippen LogP contribution is 2.25. The van der Waals surface area contributed by atoms with Gasteiger partial charge >= 0.3 is 0 Å². The SMILES string of the molecule is CCCCCN(c1ccc(Cl)cc1C#N)C(C)C. The molecule has 0 saturated carbocycles. The van der Waals surface area contributed by atoms with Crippen LogP contribution in [0.3, 0.4) is 0 Å². The van der Waals surface area contributed by atoms with Gasteiger partial charge in [-0.2, -0.15) is 5.26 Å². The largest absolute Gasteiger partial charge is 0.368 e. The minimum Gasteiger partial charge on any atom is -0.368 e. The van der Waals surface area contributed by atoms with E-state index in [1.54, 1.807) is 6.07 Å². The molecule has 18 heavy (non-hydrogen) atoms. The molecule has 0 unspecified atom stereocenters. The molecular formula is C15H21ClN2. The van der Waals surface area contributed by atoms with Crippen molar-refractivity contribution in [3.8, 4) is 6.07 Å². The van der Waals surface area contributed by atoms with Gasteiger partial charge in [-0.15, -0.1) is 0 Å². The zero-order valence-corrected chi connectivity index (χ0v) is 12.2. The Hall–Kier alpha value is -1.20. The van der Waals surface area contributed by atoms with E-state index in [0.29, 0.717) is 16.6 Å². The Labute approximate surface area is 115 Å². The van der Waals surface area contributed by atoms with Crippen LogP contribution in [0, 0.1) is 11.3 Å². The molecule has 0 saturated heterocycles. The second kappa shape index (κ2) is 7.28. The summed E-state index contributed by atoms with van der Waals surface area (Å²) in [5, 5.41) is 9.83. The zero-order valence-electron chi connectivity index (χ0n) is 11.4. The summed E-state index contributed by atoms with van der Waals surface area (Å²) < 4.78 is 0. The van der Waals surface area contributed by atoms with Crippen molar-refractivity contribution in [2.24, 2.45) is 0 Å². The molecule has 1 aromatic rings. The van der Waals surface area contributed by atoms with Crippen molar-refractivity contribution in [2.75, 3.05) is 11.4 Å². The van der Waals surface area contributed by atoms with Crippen molar-refractivity contribution < 1.29 is 0 Å². The lowest BCUT2D eigenvalue weighted by Gasteiger charge is -2.30. The summed E-state index contributed by atoms with van der Waals surface area (Å²) in [4.78, 5) is 2.28. The molecule has 0 N–H and O–H groups in total. The van der Waals surface area contributed by atoms with Crippen LogP contribution in [0.2, 0.25) is 5.02 Å². The van der Waals surface area contributed by atoms with Gasteiger partial charge in [-0.1, -0.05) is 31.4 Å². The molecule has 1 rings (SSSR count). The maximum absolute atomic E-state index is 9.21. The Morgan fingerprint density at radius 2 is 2.06 bits per heavy atom. The highest BCUT2D eigenvalue weighted by atomic mass is 35.5. The summed E-state index contributed by atoms with van der Waals surface area (Å²) in [6.07, 6.45) is 3.58. The maximum atomic E-state index is 9.21. The third-order valence-electron chi connectivity index (χ3n) is 3.01. The summed E-state index contributed by atoms with van der Waals surface area (Å²) in [7, 11) is 0. The fraction of sp³-hybridized carbons (Fsp3) is 0.533. The lowest BCUT2D eigenvalue weighted by atomic mass is 10.1. The molecule has 0 aliphatic rings. The summed E-state index contributed by atoms with van der Waals surface area (Å²) in [5.41, 5.74) is 1.65. The van der Waals surface area contributed by atoms with E-state index in [9.17, 15) is 5.26 Å². The third-order valence-corrected chi connectivity index (χ3v) is 3.25. The Balaban J connectivity index is 2.95. The van der Waals surface area contributed by atoms with Crippen LogP contribution < -0.4 is 4.90 Å². The van der Waals surface area contributed by atoms with Crippen LogP contribution in [0.1, 0.15) is 45.6 Å². The minimum absolute atomic E-state index is 0.384. The second-order valence-corrected chi connectivity index (χ2v) is 5.20. The molecular weight excluding hydrogens is 244 g/mol. The van der Waals surface area contributed by atoms with E-state index >= 15 is 0 Å². The molecule has 0 fully saturated rings. The Bertz CT molecular complexity index is 421. The molecule has 0 aliphatic heterocycles. The van der Waals surface area contributed by atoms with Crippen LogP contribution in [0.25, 0.3) is 0 Å². The van der Waals surface area contributed by atoms with Crippen LogP contribution in [0.4, 0.5) is 5.69 Å². The molecule has 3 heteroatoms. The number of nitrogens with zero attached hydrogens (tertiary/aromatic N) is 2. The lowest BCUT2D eigenvalue weighted by molar-refractivity contribution is 0.625. The van der Waals surface area contributed by atoms with E-state index in [1.807, 2.05) is 12.1 Å². The molecule has 0 aliphatic carbocycles. The van der Waals surface area contributed by atoms with Crippen LogP contribution in [0.15, 0.2) is 18.2 Å². The van der Waals surface area contributed by atoms with Gasteiger partial charge in [0.1, 0.15) is 6.07 Å². The molecule has 2 nitrogen and oxygen atoms in total. The van der Waals surface area contributed by atoms with Crippen LogP contribution in [-0.4, -0.2) is 12.6 Å². The molecule has 0 aromatic heterocycles. The smallest absolute Gasteiger partial charge is 0.101 e. The zero-order chi connectivity index (χ0) is 13.5. The van der Waals surface area contributed by atoms with Crippen molar-refractivity contribution in [1.29, 1.82) is 5.26 Å². The van der Waals surface area contributed by atoms with E-state index in [-0.39, 0.29) is 0 Å². The second-order valence-electron chi connectivity index (χ2n) is 4.77. The number of anilines is 1. The fourth-order valence-corrected chi connectivity index (χ4v) is 2.21. The third kappa shape index (κ3) is 3.92. The van der Waals surface area contributed by atoms with Gasteiger partial charge in [0.2, 0.25) is 0 Å². The van der Waals surface area contributed by atoms with E-state index in [4.69, 9.17) is 11.6 Å². The van der Waals surface area contributed by atoms with Gasteiger partial charge in [-0.25, -0.2) is 0 Å². The van der Waals surface area contributed by atoms with Gasteiger partial charge in [0.25, 0.3) is 0 Å². The molecule has 1 aromatic carbocycles. The Morgan fingerprint density at radius 1 is 1.33 bits per heavy atom. The van der Waals surface area contributed by atoms with Crippen molar-refractivity contribution in [2.45, 2.75) is 46.1 Å². The van der Waals surface area contributed by atoms with Gasteiger partial charge in [0.15, 0.2) is 0 Å². The molecule has 0 radical (unpaired) electrons. The topological polar surface area (TPSA) is 27.0 Å². The number of hydrogen-bond acceptors (Lipinski definition) is 2. The molecule has 98 valence electrons. The quantitative estimate of drug-likeness (QED) is 0.701. The highest BCUT2D eigenvalue weighted by Gasteiger charge is 2.14. The van der Waals surface area contributed by atoms with Gasteiger partial charge < -0.3 is 4.90 Å². The predicted molar refractivity (Wildman–Crippen MR) is 78.2 cm³/mol. The summed E-state index contributed by atoms with van der Waals surface area (Å²) in [6, 6.07) is 8.17. The first kappa shape index (κ1) is 14.9. The first-order chi connectivity index (χ1) is 8.60. The molecule has 0 spiro atoms. The minimum atomic E-state index is 0.384. The molecule has 0 bridgehead atoms. The fourth-order valence-electron chi connectivity index (χ4n) is 2.04. The average Bonchev–Trinajstić information content (AvgIpc) is 2.35. The normalized spacial score (nSPS) is 10.4. The van der Waals surface area contributed by atoms with E-state index < -0.39 is 0 Å².